The Bertz CT molecular complexity index is 582. The third kappa shape index (κ3) is 3.01. The summed E-state index contributed by atoms with van der Waals surface area (Å²) in [7, 11) is 3.18. The van der Waals surface area contributed by atoms with Crippen LogP contribution >= 0.6 is 0 Å². The van der Waals surface area contributed by atoms with Crippen molar-refractivity contribution in [1.29, 1.82) is 0 Å². The minimum absolute atomic E-state index is 0.375. The third-order valence-electron chi connectivity index (χ3n) is 2.58. The van der Waals surface area contributed by atoms with Gasteiger partial charge in [-0.05, 0) is 24.3 Å². The molecule has 5 heteroatoms. The first-order valence-corrected chi connectivity index (χ1v) is 5.71. The number of ether oxygens (including phenoxy) is 2. The average molecular weight is 257 g/mol. The van der Waals surface area contributed by atoms with Crippen molar-refractivity contribution in [3.63, 3.8) is 0 Å². The quantitative estimate of drug-likeness (QED) is 0.673. The van der Waals surface area contributed by atoms with E-state index in [9.17, 15) is 0 Å². The Labute approximate surface area is 111 Å². The van der Waals surface area contributed by atoms with Crippen LogP contribution in [0.25, 0.3) is 0 Å². The summed E-state index contributed by atoms with van der Waals surface area (Å²) in [5, 5.41) is 0. The number of benzene rings is 1. The van der Waals surface area contributed by atoms with Crippen LogP contribution in [0, 0.1) is 0 Å². The molecule has 0 bridgehead atoms. The summed E-state index contributed by atoms with van der Waals surface area (Å²) >= 11 is 0. The lowest BCUT2D eigenvalue weighted by Crippen LogP contribution is -2.12. The molecule has 0 atom stereocenters. The van der Waals surface area contributed by atoms with E-state index in [-0.39, 0.29) is 0 Å². The number of aromatic nitrogens is 1. The highest BCUT2D eigenvalue weighted by Crippen LogP contribution is 2.31. The van der Waals surface area contributed by atoms with Crippen molar-refractivity contribution < 1.29 is 9.47 Å². The molecule has 0 aliphatic rings. The van der Waals surface area contributed by atoms with Crippen molar-refractivity contribution in [2.45, 2.75) is 0 Å². The van der Waals surface area contributed by atoms with E-state index < -0.39 is 0 Å². The Morgan fingerprint density at radius 2 is 2.05 bits per heavy atom. The van der Waals surface area contributed by atoms with E-state index in [1.807, 2.05) is 6.07 Å². The minimum atomic E-state index is 0.375. The van der Waals surface area contributed by atoms with Crippen LogP contribution in [0.4, 0.5) is 5.69 Å². The summed E-state index contributed by atoms with van der Waals surface area (Å²) in [6, 6.07) is 9.01. The highest BCUT2D eigenvalue weighted by atomic mass is 16.5. The first-order chi connectivity index (χ1) is 9.24. The fourth-order valence-electron chi connectivity index (χ4n) is 1.59. The normalized spacial score (nSPS) is 11.2. The Morgan fingerprint density at radius 3 is 2.68 bits per heavy atom. The Hall–Kier alpha value is -2.56. The van der Waals surface area contributed by atoms with Gasteiger partial charge in [-0.2, -0.15) is 0 Å². The van der Waals surface area contributed by atoms with E-state index in [0.717, 1.165) is 5.56 Å². The zero-order valence-corrected chi connectivity index (χ0v) is 10.8. The van der Waals surface area contributed by atoms with Crippen LogP contribution < -0.4 is 15.2 Å². The van der Waals surface area contributed by atoms with Crippen LogP contribution in [0.3, 0.4) is 0 Å². The predicted octanol–water partition coefficient (Wildman–Crippen LogP) is 2.14. The second-order valence-electron chi connectivity index (χ2n) is 3.78. The Morgan fingerprint density at radius 1 is 1.21 bits per heavy atom. The average Bonchev–Trinajstić information content (AvgIpc) is 2.48. The largest absolute Gasteiger partial charge is 0.497 e. The van der Waals surface area contributed by atoms with Gasteiger partial charge in [0.1, 0.15) is 23.0 Å². The van der Waals surface area contributed by atoms with Crippen LogP contribution in [0.2, 0.25) is 0 Å². The maximum atomic E-state index is 5.96. The van der Waals surface area contributed by atoms with Gasteiger partial charge in [-0.25, -0.2) is 4.99 Å². The third-order valence-corrected chi connectivity index (χ3v) is 2.58. The molecule has 1 heterocycles. The number of nitrogens with zero attached hydrogens (tertiary/aromatic N) is 2. The van der Waals surface area contributed by atoms with Crippen molar-refractivity contribution >= 4 is 11.5 Å². The molecule has 1 aromatic carbocycles. The van der Waals surface area contributed by atoms with Gasteiger partial charge < -0.3 is 15.2 Å². The molecule has 0 radical (unpaired) electrons. The van der Waals surface area contributed by atoms with Crippen LogP contribution in [-0.4, -0.2) is 25.0 Å². The molecule has 19 heavy (non-hydrogen) atoms. The maximum absolute atomic E-state index is 5.96. The van der Waals surface area contributed by atoms with Crippen molar-refractivity contribution in [3.8, 4) is 11.5 Å². The van der Waals surface area contributed by atoms with Gasteiger partial charge in [0.2, 0.25) is 0 Å². The molecule has 2 aromatic rings. The summed E-state index contributed by atoms with van der Waals surface area (Å²) < 4.78 is 10.4. The molecule has 0 unspecified atom stereocenters. The standard InChI is InChI=1S/C14H15N3O2/c1-18-11-5-6-13(19-2)12(8-11)17-14(15)10-4-3-7-16-9-10/h3-9H,1-2H3,(H2,15,17). The van der Waals surface area contributed by atoms with Gasteiger partial charge in [0, 0.05) is 24.0 Å². The first-order valence-electron chi connectivity index (χ1n) is 5.71. The summed E-state index contributed by atoms with van der Waals surface area (Å²) in [4.78, 5) is 8.37. The van der Waals surface area contributed by atoms with E-state index in [2.05, 4.69) is 9.98 Å². The zero-order valence-electron chi connectivity index (χ0n) is 10.8. The number of aliphatic imine (C=N–C) groups is 1. The number of hydrogen-bond donors (Lipinski definition) is 1. The molecule has 98 valence electrons. The molecule has 2 rings (SSSR count). The molecule has 0 fully saturated rings. The Kier molecular flexibility index (Phi) is 3.97. The lowest BCUT2D eigenvalue weighted by Gasteiger charge is -2.08. The van der Waals surface area contributed by atoms with E-state index in [4.69, 9.17) is 15.2 Å². The van der Waals surface area contributed by atoms with E-state index in [1.165, 1.54) is 0 Å². The lowest BCUT2D eigenvalue weighted by atomic mass is 10.2. The minimum Gasteiger partial charge on any atom is -0.497 e. The molecule has 0 aliphatic carbocycles. The van der Waals surface area contributed by atoms with Crippen LogP contribution in [0.1, 0.15) is 5.56 Å². The van der Waals surface area contributed by atoms with Crippen molar-refractivity contribution in [1.82, 2.24) is 4.98 Å². The van der Waals surface area contributed by atoms with E-state index in [1.54, 1.807) is 50.9 Å². The van der Waals surface area contributed by atoms with Gasteiger partial charge in [-0.15, -0.1) is 0 Å². The first kappa shape index (κ1) is 12.9. The van der Waals surface area contributed by atoms with Crippen LogP contribution in [0.5, 0.6) is 11.5 Å². The zero-order chi connectivity index (χ0) is 13.7. The molecule has 0 amide bonds. The van der Waals surface area contributed by atoms with Gasteiger partial charge in [0.15, 0.2) is 0 Å². The fourth-order valence-corrected chi connectivity index (χ4v) is 1.59. The van der Waals surface area contributed by atoms with Gasteiger partial charge in [0.05, 0.1) is 14.2 Å². The number of pyridine rings is 1. The number of rotatable bonds is 4. The SMILES string of the molecule is COc1ccc(OC)c(N=C(N)c2cccnc2)c1. The lowest BCUT2D eigenvalue weighted by molar-refractivity contribution is 0.404. The molecule has 0 aliphatic heterocycles. The molecule has 5 nitrogen and oxygen atoms in total. The number of nitrogens with two attached hydrogens (primary N) is 1. The van der Waals surface area contributed by atoms with Crippen molar-refractivity contribution in [2.24, 2.45) is 10.7 Å². The summed E-state index contributed by atoms with van der Waals surface area (Å²) in [5.41, 5.74) is 7.33. The fraction of sp³-hybridized carbons (Fsp3) is 0.143. The highest BCUT2D eigenvalue weighted by molar-refractivity contribution is 5.99. The number of methoxy groups -OCH3 is 2. The summed E-state index contributed by atoms with van der Waals surface area (Å²) in [6.45, 7) is 0. The van der Waals surface area contributed by atoms with Crippen molar-refractivity contribution in [2.75, 3.05) is 14.2 Å². The highest BCUT2D eigenvalue weighted by Gasteiger charge is 2.06. The molecule has 1 aromatic heterocycles. The van der Waals surface area contributed by atoms with E-state index in [0.29, 0.717) is 23.0 Å². The monoisotopic (exact) mass is 257 g/mol. The topological polar surface area (TPSA) is 69.7 Å². The van der Waals surface area contributed by atoms with Crippen LogP contribution in [0.15, 0.2) is 47.7 Å². The Balaban J connectivity index is 2.41. The number of hydrogen-bond acceptors (Lipinski definition) is 4. The summed E-state index contributed by atoms with van der Waals surface area (Å²) in [5.74, 6) is 1.70. The van der Waals surface area contributed by atoms with Gasteiger partial charge in [-0.1, -0.05) is 0 Å². The predicted molar refractivity (Wildman–Crippen MR) is 74.2 cm³/mol. The molecule has 0 saturated heterocycles. The smallest absolute Gasteiger partial charge is 0.144 e. The van der Waals surface area contributed by atoms with Gasteiger partial charge in [0.25, 0.3) is 0 Å². The molecule has 2 N–H and O–H groups in total. The van der Waals surface area contributed by atoms with Crippen LogP contribution in [-0.2, 0) is 0 Å². The number of amidine groups is 1. The molecule has 0 saturated carbocycles. The van der Waals surface area contributed by atoms with Gasteiger partial charge >= 0.3 is 0 Å². The second-order valence-corrected chi connectivity index (χ2v) is 3.78. The molecule has 0 spiro atoms. The molecular formula is C14H15N3O2. The second kappa shape index (κ2) is 5.86. The van der Waals surface area contributed by atoms with Gasteiger partial charge in [-0.3, -0.25) is 4.98 Å². The maximum Gasteiger partial charge on any atom is 0.144 e. The van der Waals surface area contributed by atoms with Crippen molar-refractivity contribution in [3.05, 3.63) is 48.3 Å². The molecular weight excluding hydrogens is 242 g/mol. The summed E-state index contributed by atoms with van der Waals surface area (Å²) in [6.07, 6.45) is 3.34. The van der Waals surface area contributed by atoms with E-state index >= 15 is 0 Å².